The summed E-state index contributed by atoms with van der Waals surface area (Å²) in [5.74, 6) is 4.08. The molecule has 0 aromatic heterocycles. The number of carbonyl (C=O) groups is 1. The molecule has 98 valence electrons. The van der Waals surface area contributed by atoms with Gasteiger partial charge in [-0.2, -0.15) is 0 Å². The minimum atomic E-state index is -0.154. The van der Waals surface area contributed by atoms with Gasteiger partial charge in [0.1, 0.15) is 5.60 Å². The monoisotopic (exact) mass is 246 g/mol. The summed E-state index contributed by atoms with van der Waals surface area (Å²) in [7, 11) is 0. The molecule has 0 heterocycles. The summed E-state index contributed by atoms with van der Waals surface area (Å²) in [5.41, 5.74) is 0.463. The van der Waals surface area contributed by atoms with Gasteiger partial charge < -0.3 is 4.74 Å². The van der Waals surface area contributed by atoms with E-state index in [1.165, 1.54) is 25.7 Å². The van der Waals surface area contributed by atoms with Gasteiger partial charge in [0.15, 0.2) is 0 Å². The van der Waals surface area contributed by atoms with E-state index < -0.39 is 0 Å². The van der Waals surface area contributed by atoms with E-state index in [-0.39, 0.29) is 11.6 Å². The van der Waals surface area contributed by atoms with Crippen molar-refractivity contribution in [2.75, 3.05) is 0 Å². The van der Waals surface area contributed by atoms with Crippen molar-refractivity contribution in [3.8, 4) is 0 Å². The molecule has 0 amide bonds. The van der Waals surface area contributed by atoms with E-state index in [0.717, 1.165) is 36.5 Å². The molecule has 4 saturated carbocycles. The second-order valence-electron chi connectivity index (χ2n) is 7.17. The molecule has 4 aliphatic carbocycles. The van der Waals surface area contributed by atoms with Gasteiger partial charge in [-0.25, -0.2) is 4.79 Å². The zero-order valence-corrected chi connectivity index (χ0v) is 11.2. The fourth-order valence-electron chi connectivity index (χ4n) is 5.94. The van der Waals surface area contributed by atoms with Crippen molar-refractivity contribution >= 4 is 5.97 Å². The van der Waals surface area contributed by atoms with Crippen molar-refractivity contribution < 1.29 is 9.53 Å². The summed E-state index contributed by atoms with van der Waals surface area (Å²) in [6.07, 6.45) is 7.78. The van der Waals surface area contributed by atoms with Crippen LogP contribution in [0.2, 0.25) is 0 Å². The molecule has 0 saturated heterocycles. The molecule has 4 bridgehead atoms. The van der Waals surface area contributed by atoms with Gasteiger partial charge in [0.25, 0.3) is 0 Å². The second kappa shape index (κ2) is 3.40. The third kappa shape index (κ3) is 1.22. The Morgan fingerprint density at radius 1 is 1.22 bits per heavy atom. The van der Waals surface area contributed by atoms with Crippen molar-refractivity contribution in [3.05, 3.63) is 12.2 Å². The lowest BCUT2D eigenvalue weighted by atomic mass is 9.69. The zero-order chi connectivity index (χ0) is 12.5. The molecule has 0 spiro atoms. The van der Waals surface area contributed by atoms with Crippen LogP contribution >= 0.6 is 0 Å². The molecule has 18 heavy (non-hydrogen) atoms. The van der Waals surface area contributed by atoms with Crippen LogP contribution in [-0.4, -0.2) is 11.6 Å². The van der Waals surface area contributed by atoms with Crippen LogP contribution in [-0.2, 0) is 9.53 Å². The van der Waals surface area contributed by atoms with Crippen LogP contribution in [0.3, 0.4) is 0 Å². The SMILES string of the molecule is C=C(C)C(=O)OC12CCC(C1)C1C3CCC(C3)C12. The van der Waals surface area contributed by atoms with Crippen molar-refractivity contribution in [1.29, 1.82) is 0 Å². The van der Waals surface area contributed by atoms with Crippen LogP contribution in [0.4, 0.5) is 0 Å². The molecule has 0 radical (unpaired) electrons. The average Bonchev–Trinajstić information content (AvgIpc) is 3.06. The Labute approximate surface area is 109 Å². The summed E-state index contributed by atoms with van der Waals surface area (Å²) in [4.78, 5) is 12.0. The van der Waals surface area contributed by atoms with E-state index in [1.807, 2.05) is 0 Å². The van der Waals surface area contributed by atoms with E-state index in [9.17, 15) is 4.79 Å². The number of esters is 1. The number of carbonyl (C=O) groups excluding carboxylic acids is 1. The standard InChI is InChI=1S/C16H22O2/c1-9(2)15(17)18-16-6-5-12(8-16)13-10-3-4-11(7-10)14(13)16/h10-14H,1,3-8H2,2H3. The van der Waals surface area contributed by atoms with Gasteiger partial charge in [0.2, 0.25) is 0 Å². The summed E-state index contributed by atoms with van der Waals surface area (Å²) in [6.45, 7) is 5.50. The first-order valence-electron chi connectivity index (χ1n) is 7.49. The van der Waals surface area contributed by atoms with Crippen LogP contribution < -0.4 is 0 Å². The summed E-state index contributed by atoms with van der Waals surface area (Å²) in [6, 6.07) is 0. The summed E-state index contributed by atoms with van der Waals surface area (Å²) < 4.78 is 5.98. The number of hydrogen-bond acceptors (Lipinski definition) is 2. The molecule has 6 unspecified atom stereocenters. The van der Waals surface area contributed by atoms with Gasteiger partial charge in [-0.3, -0.25) is 0 Å². The maximum atomic E-state index is 12.0. The zero-order valence-electron chi connectivity index (χ0n) is 11.2. The van der Waals surface area contributed by atoms with Crippen LogP contribution in [0.25, 0.3) is 0 Å². The number of hydrogen-bond donors (Lipinski definition) is 0. The highest BCUT2D eigenvalue weighted by Gasteiger charge is 2.68. The Balaban J connectivity index is 1.65. The molecule has 4 fully saturated rings. The molecular formula is C16H22O2. The maximum absolute atomic E-state index is 12.0. The van der Waals surface area contributed by atoms with Crippen LogP contribution in [0.1, 0.15) is 45.4 Å². The minimum absolute atomic E-state index is 0.0921. The van der Waals surface area contributed by atoms with Crippen LogP contribution in [0.15, 0.2) is 12.2 Å². The largest absolute Gasteiger partial charge is 0.455 e. The first-order chi connectivity index (χ1) is 8.61. The first-order valence-corrected chi connectivity index (χ1v) is 7.49. The lowest BCUT2D eigenvalue weighted by Gasteiger charge is -2.41. The highest BCUT2D eigenvalue weighted by Crippen LogP contribution is 2.69. The Morgan fingerprint density at radius 2 is 2.00 bits per heavy atom. The van der Waals surface area contributed by atoms with E-state index in [2.05, 4.69) is 6.58 Å². The average molecular weight is 246 g/mol. The molecule has 6 atom stereocenters. The predicted molar refractivity (Wildman–Crippen MR) is 68.8 cm³/mol. The topological polar surface area (TPSA) is 26.3 Å². The molecule has 0 aliphatic heterocycles. The van der Waals surface area contributed by atoms with Gasteiger partial charge in [0, 0.05) is 11.5 Å². The summed E-state index contributed by atoms with van der Waals surface area (Å²) in [5, 5.41) is 0. The Kier molecular flexibility index (Phi) is 2.09. The van der Waals surface area contributed by atoms with Crippen LogP contribution in [0.5, 0.6) is 0 Å². The molecule has 0 aromatic carbocycles. The predicted octanol–water partition coefficient (Wildman–Crippen LogP) is 3.32. The smallest absolute Gasteiger partial charge is 0.333 e. The Hall–Kier alpha value is -0.790. The third-order valence-electron chi connectivity index (χ3n) is 6.32. The highest BCUT2D eigenvalue weighted by molar-refractivity contribution is 5.87. The summed E-state index contributed by atoms with van der Waals surface area (Å²) >= 11 is 0. The van der Waals surface area contributed by atoms with Gasteiger partial charge in [-0.15, -0.1) is 0 Å². The first kappa shape index (κ1) is 11.1. The molecular weight excluding hydrogens is 224 g/mol. The molecule has 4 rings (SSSR count). The number of rotatable bonds is 2. The maximum Gasteiger partial charge on any atom is 0.333 e. The van der Waals surface area contributed by atoms with E-state index >= 15 is 0 Å². The van der Waals surface area contributed by atoms with Gasteiger partial charge in [-0.1, -0.05) is 6.58 Å². The number of ether oxygens (including phenoxy) is 1. The highest BCUT2D eigenvalue weighted by atomic mass is 16.6. The van der Waals surface area contributed by atoms with Crippen molar-refractivity contribution in [2.45, 2.75) is 51.0 Å². The van der Waals surface area contributed by atoms with Crippen LogP contribution in [0, 0.1) is 29.6 Å². The lowest BCUT2D eigenvalue weighted by molar-refractivity contribution is -0.162. The molecule has 0 N–H and O–H groups in total. The normalized spacial score (nSPS) is 51.5. The van der Waals surface area contributed by atoms with E-state index in [0.29, 0.717) is 11.5 Å². The van der Waals surface area contributed by atoms with Gasteiger partial charge >= 0.3 is 5.97 Å². The fraction of sp³-hybridized carbons (Fsp3) is 0.812. The van der Waals surface area contributed by atoms with Crippen molar-refractivity contribution in [2.24, 2.45) is 29.6 Å². The fourth-order valence-corrected chi connectivity index (χ4v) is 5.94. The Bertz CT molecular complexity index is 427. The second-order valence-corrected chi connectivity index (χ2v) is 7.17. The Morgan fingerprint density at radius 3 is 2.78 bits per heavy atom. The molecule has 2 nitrogen and oxygen atoms in total. The van der Waals surface area contributed by atoms with Crippen molar-refractivity contribution in [3.63, 3.8) is 0 Å². The molecule has 4 aliphatic rings. The minimum Gasteiger partial charge on any atom is -0.455 e. The molecule has 0 aromatic rings. The third-order valence-corrected chi connectivity index (χ3v) is 6.32. The molecule has 2 heteroatoms. The van der Waals surface area contributed by atoms with E-state index in [4.69, 9.17) is 4.74 Å². The van der Waals surface area contributed by atoms with Gasteiger partial charge in [0.05, 0.1) is 0 Å². The quantitative estimate of drug-likeness (QED) is 0.424. The van der Waals surface area contributed by atoms with Crippen molar-refractivity contribution in [1.82, 2.24) is 0 Å². The van der Waals surface area contributed by atoms with Gasteiger partial charge in [-0.05, 0) is 69.1 Å². The lowest BCUT2D eigenvalue weighted by Crippen LogP contribution is -2.43. The van der Waals surface area contributed by atoms with E-state index in [1.54, 1.807) is 6.92 Å². The number of fused-ring (bicyclic) bond motifs is 9.